The quantitative estimate of drug-likeness (QED) is 0.155. The SMILES string of the molecule is CC[C@H](C)[C@H](NC(=O)OC)C(=O)N1CCC[C@H]1c1ncc(-c2ccc(C34CCC(c5cnc([C@@H]6CCCN6C(=O)[C@@H](NC(=O)OC)C(C)C)[nH]5)(CC3)CC4)cc2)[nH]1. The van der Waals surface area contributed by atoms with Crippen molar-refractivity contribution in [2.24, 2.45) is 11.8 Å². The van der Waals surface area contributed by atoms with Gasteiger partial charge in [0.25, 0.3) is 0 Å². The smallest absolute Gasteiger partial charge is 0.407 e. The molecule has 308 valence electrons. The number of nitrogens with zero attached hydrogens (tertiary/aromatic N) is 4. The standard InChI is InChI=1S/C43H60N8O6/c1-7-27(4)35(49-41(55)57-6)39(53)51-23-8-10-31(51)36-44-24-30(46-36)28-12-14-29(15-13-28)42-16-19-43(20-17-42,21-18-42)33-25-45-37(47-33)32-11-9-22-50(32)38(52)34(26(2)3)48-40(54)56-5/h12-15,24-27,31-32,34-35H,7-11,16-23H2,1-6H3,(H,44,46)(H,45,47)(H,48,54)(H,49,55)/t27-,31-,32-,34-,35-,42?,43?/m0/s1. The van der Waals surface area contributed by atoms with Gasteiger partial charge in [-0.15, -0.1) is 0 Å². The molecule has 5 fully saturated rings. The van der Waals surface area contributed by atoms with Crippen LogP contribution in [-0.2, 0) is 29.9 Å². The van der Waals surface area contributed by atoms with Crippen molar-refractivity contribution in [3.8, 4) is 11.3 Å². The number of alkyl carbamates (subject to hydrolysis) is 2. The normalized spacial score (nSPS) is 25.9. The molecular formula is C43H60N8O6. The lowest BCUT2D eigenvalue weighted by Gasteiger charge is -2.53. The van der Waals surface area contributed by atoms with Crippen LogP contribution in [0.1, 0.15) is 133 Å². The van der Waals surface area contributed by atoms with E-state index in [0.717, 1.165) is 93.5 Å². The van der Waals surface area contributed by atoms with E-state index in [1.54, 1.807) is 0 Å². The van der Waals surface area contributed by atoms with Crippen LogP contribution in [0.25, 0.3) is 11.3 Å². The second-order valence-electron chi connectivity index (χ2n) is 17.2. The average Bonchev–Trinajstić information content (AvgIpc) is 4.08. The van der Waals surface area contributed by atoms with Crippen LogP contribution >= 0.6 is 0 Å². The number of imidazole rings is 2. The summed E-state index contributed by atoms with van der Waals surface area (Å²) in [6, 6.07) is 7.31. The molecule has 2 aromatic heterocycles. The Balaban J connectivity index is 0.995. The topological polar surface area (TPSA) is 175 Å². The van der Waals surface area contributed by atoms with Crippen LogP contribution in [-0.4, -0.2) is 93.1 Å². The number of benzene rings is 1. The number of aromatic amines is 2. The summed E-state index contributed by atoms with van der Waals surface area (Å²) in [5, 5.41) is 5.50. The summed E-state index contributed by atoms with van der Waals surface area (Å²) >= 11 is 0. The average molecular weight is 785 g/mol. The largest absolute Gasteiger partial charge is 0.453 e. The minimum Gasteiger partial charge on any atom is -0.453 e. The lowest BCUT2D eigenvalue weighted by molar-refractivity contribution is -0.136. The second kappa shape index (κ2) is 16.5. The Morgan fingerprint density at radius 1 is 0.754 bits per heavy atom. The molecule has 1 aromatic carbocycles. The number of rotatable bonds is 12. The van der Waals surface area contributed by atoms with E-state index in [1.165, 1.54) is 25.5 Å². The number of likely N-dealkylation sites (tertiary alicyclic amines) is 2. The van der Waals surface area contributed by atoms with Gasteiger partial charge < -0.3 is 39.9 Å². The van der Waals surface area contributed by atoms with E-state index in [-0.39, 0.29) is 46.6 Å². The molecule has 5 aliphatic rings. The third kappa shape index (κ3) is 7.75. The Labute approximate surface area is 335 Å². The molecule has 3 aliphatic carbocycles. The number of amides is 4. The molecule has 0 radical (unpaired) electrons. The fourth-order valence-corrected chi connectivity index (χ4v) is 10.0. The summed E-state index contributed by atoms with van der Waals surface area (Å²) in [7, 11) is 2.62. The van der Waals surface area contributed by atoms with Gasteiger partial charge in [-0.1, -0.05) is 58.4 Å². The number of carbonyl (C=O) groups is 4. The highest BCUT2D eigenvalue weighted by Gasteiger charge is 2.51. The van der Waals surface area contributed by atoms with E-state index in [2.05, 4.69) is 44.9 Å². The van der Waals surface area contributed by atoms with Crippen LogP contribution in [0.2, 0.25) is 0 Å². The lowest BCUT2D eigenvalue weighted by Crippen LogP contribution is -2.51. The molecule has 2 aliphatic heterocycles. The summed E-state index contributed by atoms with van der Waals surface area (Å²) in [6.07, 6.45) is 13.4. The number of H-pyrrole nitrogens is 2. The molecule has 2 saturated heterocycles. The van der Waals surface area contributed by atoms with Crippen LogP contribution in [0.5, 0.6) is 0 Å². The summed E-state index contributed by atoms with van der Waals surface area (Å²) in [5.74, 6) is 1.28. The monoisotopic (exact) mass is 784 g/mol. The zero-order valence-electron chi connectivity index (χ0n) is 34.4. The van der Waals surface area contributed by atoms with Crippen molar-refractivity contribution < 1.29 is 28.7 Å². The molecule has 8 rings (SSSR count). The first-order chi connectivity index (χ1) is 27.4. The van der Waals surface area contributed by atoms with Gasteiger partial charge in [0.1, 0.15) is 23.7 Å². The van der Waals surface area contributed by atoms with Gasteiger partial charge in [0.05, 0.1) is 38.2 Å². The first-order valence-electron chi connectivity index (χ1n) is 20.9. The number of fused-ring (bicyclic) bond motifs is 3. The predicted octanol–water partition coefficient (Wildman–Crippen LogP) is 6.82. The van der Waals surface area contributed by atoms with E-state index >= 15 is 0 Å². The maximum absolute atomic E-state index is 13.8. The van der Waals surface area contributed by atoms with Crippen LogP contribution in [0.4, 0.5) is 9.59 Å². The number of aromatic nitrogens is 4. The fourth-order valence-electron chi connectivity index (χ4n) is 10.0. The Morgan fingerprint density at radius 2 is 1.26 bits per heavy atom. The van der Waals surface area contributed by atoms with Gasteiger partial charge in [0.2, 0.25) is 11.8 Å². The second-order valence-corrected chi connectivity index (χ2v) is 17.2. The Bertz CT molecular complexity index is 1900. The molecule has 3 aromatic rings. The molecule has 4 amide bonds. The van der Waals surface area contributed by atoms with Crippen molar-refractivity contribution in [2.75, 3.05) is 27.3 Å². The van der Waals surface area contributed by atoms with E-state index < -0.39 is 24.3 Å². The van der Waals surface area contributed by atoms with E-state index in [9.17, 15) is 19.2 Å². The first-order valence-corrected chi connectivity index (χ1v) is 20.9. The van der Waals surface area contributed by atoms with Gasteiger partial charge in [-0.05, 0) is 92.6 Å². The maximum Gasteiger partial charge on any atom is 0.407 e. The van der Waals surface area contributed by atoms with E-state index in [0.29, 0.717) is 13.1 Å². The van der Waals surface area contributed by atoms with Gasteiger partial charge in [-0.25, -0.2) is 19.6 Å². The van der Waals surface area contributed by atoms with Crippen LogP contribution in [0.15, 0.2) is 36.7 Å². The number of methoxy groups -OCH3 is 2. The number of hydrogen-bond acceptors (Lipinski definition) is 8. The molecule has 4 heterocycles. The third-order valence-corrected chi connectivity index (χ3v) is 13.8. The summed E-state index contributed by atoms with van der Waals surface area (Å²) in [5.41, 5.74) is 4.74. The minimum absolute atomic E-state index is 0.0412. The molecule has 0 unspecified atom stereocenters. The molecule has 14 heteroatoms. The van der Waals surface area contributed by atoms with Crippen LogP contribution < -0.4 is 10.6 Å². The van der Waals surface area contributed by atoms with Gasteiger partial charge in [0.15, 0.2) is 0 Å². The van der Waals surface area contributed by atoms with Crippen LogP contribution in [0.3, 0.4) is 0 Å². The summed E-state index contributed by atoms with van der Waals surface area (Å²) in [4.78, 5) is 72.1. The van der Waals surface area contributed by atoms with E-state index in [1.807, 2.05) is 49.9 Å². The highest BCUT2D eigenvalue weighted by molar-refractivity contribution is 5.87. The number of ether oxygens (including phenoxy) is 2. The Hall–Kier alpha value is -4.88. The van der Waals surface area contributed by atoms with Gasteiger partial charge in [-0.3, -0.25) is 9.59 Å². The lowest BCUT2D eigenvalue weighted by atomic mass is 9.51. The van der Waals surface area contributed by atoms with Crippen molar-refractivity contribution in [2.45, 2.75) is 133 Å². The predicted molar refractivity (Wildman–Crippen MR) is 214 cm³/mol. The van der Waals surface area contributed by atoms with E-state index in [4.69, 9.17) is 19.4 Å². The third-order valence-electron chi connectivity index (χ3n) is 13.8. The van der Waals surface area contributed by atoms with Crippen molar-refractivity contribution >= 4 is 24.0 Å². The zero-order valence-corrected chi connectivity index (χ0v) is 34.4. The molecule has 3 saturated carbocycles. The highest BCUT2D eigenvalue weighted by Crippen LogP contribution is 2.58. The van der Waals surface area contributed by atoms with Gasteiger partial charge >= 0.3 is 12.2 Å². The molecule has 14 nitrogen and oxygen atoms in total. The minimum atomic E-state index is -0.659. The summed E-state index contributed by atoms with van der Waals surface area (Å²) < 4.78 is 9.62. The molecule has 5 atom stereocenters. The Kier molecular flexibility index (Phi) is 11.7. The molecular weight excluding hydrogens is 725 g/mol. The molecule has 0 spiro atoms. The van der Waals surface area contributed by atoms with Crippen molar-refractivity contribution in [3.05, 3.63) is 59.6 Å². The summed E-state index contributed by atoms with van der Waals surface area (Å²) in [6.45, 7) is 9.09. The molecule has 4 N–H and O–H groups in total. The number of nitrogens with one attached hydrogen (secondary N) is 4. The van der Waals surface area contributed by atoms with Crippen molar-refractivity contribution in [3.63, 3.8) is 0 Å². The maximum atomic E-state index is 13.8. The zero-order chi connectivity index (χ0) is 40.5. The highest BCUT2D eigenvalue weighted by atomic mass is 16.5. The van der Waals surface area contributed by atoms with Crippen LogP contribution in [0, 0.1) is 11.8 Å². The van der Waals surface area contributed by atoms with Crippen molar-refractivity contribution in [1.82, 2.24) is 40.4 Å². The van der Waals surface area contributed by atoms with Crippen molar-refractivity contribution in [1.29, 1.82) is 0 Å². The number of carbonyl (C=O) groups excluding carboxylic acids is 4. The molecule has 2 bridgehead atoms. The Morgan fingerprint density at radius 3 is 1.81 bits per heavy atom. The molecule has 57 heavy (non-hydrogen) atoms. The van der Waals surface area contributed by atoms with Gasteiger partial charge in [0, 0.05) is 30.4 Å². The fraction of sp³-hybridized carbons (Fsp3) is 0.628. The number of hydrogen-bond donors (Lipinski definition) is 4. The van der Waals surface area contributed by atoms with Gasteiger partial charge in [-0.2, -0.15) is 0 Å². The first kappa shape index (κ1) is 40.3.